The highest BCUT2D eigenvalue weighted by molar-refractivity contribution is 9.10. The first-order valence-corrected chi connectivity index (χ1v) is 7.70. The van der Waals surface area contributed by atoms with E-state index in [2.05, 4.69) is 26.1 Å². The van der Waals surface area contributed by atoms with Gasteiger partial charge in [-0.25, -0.2) is 0 Å². The van der Waals surface area contributed by atoms with Crippen LogP contribution < -0.4 is 10.6 Å². The van der Waals surface area contributed by atoms with E-state index in [1.807, 2.05) is 37.2 Å². The molecule has 0 bridgehead atoms. The largest absolute Gasteiger partial charge is 0.353 e. The zero-order chi connectivity index (χ0) is 13.1. The zero-order valence-electron chi connectivity index (χ0n) is 10.1. The number of nitrogens with two attached hydrogens (primary N) is 1. The van der Waals surface area contributed by atoms with Crippen LogP contribution in [-0.4, -0.2) is 24.3 Å². The van der Waals surface area contributed by atoms with Gasteiger partial charge in [0, 0.05) is 30.0 Å². The molecular weight excluding hydrogens is 332 g/mol. The Morgan fingerprint density at radius 1 is 1.39 bits per heavy atom. The van der Waals surface area contributed by atoms with Crippen LogP contribution in [0.15, 0.2) is 31.9 Å². The first kappa shape index (κ1) is 13.8. The fourth-order valence-electron chi connectivity index (χ4n) is 1.27. The van der Waals surface area contributed by atoms with Gasteiger partial charge in [-0.1, -0.05) is 29.2 Å². The normalized spacial score (nSPS) is 10.7. The molecule has 0 saturated carbocycles. The van der Waals surface area contributed by atoms with E-state index >= 15 is 0 Å². The molecule has 4 nitrogen and oxygen atoms in total. The highest BCUT2D eigenvalue weighted by Crippen LogP contribution is 2.36. The lowest BCUT2D eigenvalue weighted by atomic mass is 10.2. The smallest absolute Gasteiger partial charge is 0.208 e. The van der Waals surface area contributed by atoms with Crippen molar-refractivity contribution in [1.82, 2.24) is 10.2 Å². The van der Waals surface area contributed by atoms with Crippen molar-refractivity contribution in [2.24, 2.45) is 5.73 Å². The molecule has 0 aliphatic rings. The van der Waals surface area contributed by atoms with Gasteiger partial charge >= 0.3 is 0 Å². The van der Waals surface area contributed by atoms with E-state index in [1.54, 1.807) is 23.1 Å². The molecule has 1 aromatic heterocycles. The molecule has 2 aromatic rings. The van der Waals surface area contributed by atoms with Gasteiger partial charge in [0.2, 0.25) is 5.13 Å². The van der Waals surface area contributed by atoms with E-state index in [-0.39, 0.29) is 0 Å². The molecule has 96 valence electrons. The van der Waals surface area contributed by atoms with Crippen molar-refractivity contribution in [3.05, 3.63) is 28.2 Å². The van der Waals surface area contributed by atoms with Crippen LogP contribution in [0.1, 0.15) is 5.56 Å². The van der Waals surface area contributed by atoms with Crippen molar-refractivity contribution in [1.29, 1.82) is 0 Å². The average Bonchev–Trinajstić information content (AvgIpc) is 2.80. The summed E-state index contributed by atoms with van der Waals surface area (Å²) in [5.41, 5.74) is 6.71. The first-order chi connectivity index (χ1) is 8.60. The molecule has 0 spiro atoms. The summed E-state index contributed by atoms with van der Waals surface area (Å²) in [6.45, 7) is 0.549. The Morgan fingerprint density at radius 2 is 2.17 bits per heavy atom. The minimum atomic E-state index is 0.549. The van der Waals surface area contributed by atoms with Gasteiger partial charge in [-0.05, 0) is 33.6 Å². The van der Waals surface area contributed by atoms with Crippen LogP contribution in [0.4, 0.5) is 5.13 Å². The van der Waals surface area contributed by atoms with Gasteiger partial charge in [-0.15, -0.1) is 10.2 Å². The maximum Gasteiger partial charge on any atom is 0.208 e. The highest BCUT2D eigenvalue weighted by Gasteiger charge is 2.09. The lowest BCUT2D eigenvalue weighted by molar-refractivity contribution is 0.972. The molecule has 0 unspecified atom stereocenters. The molecule has 0 radical (unpaired) electrons. The van der Waals surface area contributed by atoms with Crippen molar-refractivity contribution in [3.63, 3.8) is 0 Å². The molecule has 2 rings (SSSR count). The van der Waals surface area contributed by atoms with E-state index in [9.17, 15) is 0 Å². The summed E-state index contributed by atoms with van der Waals surface area (Å²) in [6.07, 6.45) is 0. The van der Waals surface area contributed by atoms with E-state index < -0.39 is 0 Å². The molecule has 18 heavy (non-hydrogen) atoms. The third-order valence-electron chi connectivity index (χ3n) is 2.21. The fraction of sp³-hybridized carbons (Fsp3) is 0.273. The maximum atomic E-state index is 5.60. The Bertz CT molecular complexity index is 542. The van der Waals surface area contributed by atoms with Gasteiger partial charge in [0.25, 0.3) is 0 Å². The summed E-state index contributed by atoms with van der Waals surface area (Å²) in [5, 5.41) is 9.18. The minimum absolute atomic E-state index is 0.549. The quantitative estimate of drug-likeness (QED) is 0.923. The molecular formula is C11H13BrN4S2. The Morgan fingerprint density at radius 3 is 2.72 bits per heavy atom. The number of benzene rings is 1. The van der Waals surface area contributed by atoms with Gasteiger partial charge in [0.05, 0.1) is 0 Å². The monoisotopic (exact) mass is 344 g/mol. The van der Waals surface area contributed by atoms with Crippen LogP contribution in [-0.2, 0) is 6.54 Å². The zero-order valence-corrected chi connectivity index (χ0v) is 13.3. The highest BCUT2D eigenvalue weighted by atomic mass is 79.9. The van der Waals surface area contributed by atoms with Crippen molar-refractivity contribution < 1.29 is 0 Å². The van der Waals surface area contributed by atoms with E-state index in [0.29, 0.717) is 6.54 Å². The predicted molar refractivity (Wildman–Crippen MR) is 80.4 cm³/mol. The summed E-state index contributed by atoms with van der Waals surface area (Å²) < 4.78 is 1.97. The maximum absolute atomic E-state index is 5.60. The molecule has 1 heterocycles. The molecule has 2 N–H and O–H groups in total. The summed E-state index contributed by atoms with van der Waals surface area (Å²) in [6, 6.07) is 6.12. The van der Waals surface area contributed by atoms with Gasteiger partial charge in [0.15, 0.2) is 4.34 Å². The number of rotatable bonds is 4. The molecule has 0 aliphatic heterocycles. The van der Waals surface area contributed by atoms with Gasteiger partial charge in [-0.3, -0.25) is 0 Å². The second kappa shape index (κ2) is 6.01. The SMILES string of the molecule is CN(C)c1nnc(Sc2ccc(CN)cc2Br)s1. The van der Waals surface area contributed by atoms with Gasteiger partial charge in [0.1, 0.15) is 0 Å². The third kappa shape index (κ3) is 3.23. The molecule has 0 amide bonds. The van der Waals surface area contributed by atoms with E-state index in [0.717, 1.165) is 24.4 Å². The Kier molecular flexibility index (Phi) is 4.60. The van der Waals surface area contributed by atoms with Gasteiger partial charge in [-0.2, -0.15) is 0 Å². The number of aromatic nitrogens is 2. The van der Waals surface area contributed by atoms with Crippen LogP contribution in [0.2, 0.25) is 0 Å². The molecule has 0 aliphatic carbocycles. The second-order valence-corrected chi connectivity index (χ2v) is 6.92. The molecule has 0 fully saturated rings. The van der Waals surface area contributed by atoms with Crippen LogP contribution >= 0.6 is 39.0 Å². The molecule has 1 aromatic carbocycles. The van der Waals surface area contributed by atoms with Crippen LogP contribution in [0, 0.1) is 0 Å². The average molecular weight is 345 g/mol. The number of nitrogens with zero attached hydrogens (tertiary/aromatic N) is 3. The van der Waals surface area contributed by atoms with Crippen molar-refractivity contribution in [2.45, 2.75) is 15.8 Å². The van der Waals surface area contributed by atoms with Crippen molar-refractivity contribution >= 4 is 44.2 Å². The fourth-order valence-corrected chi connectivity index (χ4v) is 3.67. The summed E-state index contributed by atoms with van der Waals surface area (Å²) in [7, 11) is 3.92. The van der Waals surface area contributed by atoms with Crippen LogP contribution in [0.3, 0.4) is 0 Å². The number of hydrogen-bond acceptors (Lipinski definition) is 6. The topological polar surface area (TPSA) is 55.0 Å². The number of anilines is 1. The van der Waals surface area contributed by atoms with E-state index in [1.165, 1.54) is 0 Å². The summed E-state index contributed by atoms with van der Waals surface area (Å²) in [5.74, 6) is 0. The Hall–Kier alpha value is -0.630. The number of halogens is 1. The minimum Gasteiger partial charge on any atom is -0.353 e. The van der Waals surface area contributed by atoms with Crippen LogP contribution in [0.5, 0.6) is 0 Å². The van der Waals surface area contributed by atoms with E-state index in [4.69, 9.17) is 5.73 Å². The second-order valence-electron chi connectivity index (χ2n) is 3.82. The first-order valence-electron chi connectivity index (χ1n) is 5.27. The lowest BCUT2D eigenvalue weighted by Gasteiger charge is -2.04. The van der Waals surface area contributed by atoms with Crippen molar-refractivity contribution in [2.75, 3.05) is 19.0 Å². The summed E-state index contributed by atoms with van der Waals surface area (Å²) >= 11 is 6.73. The summed E-state index contributed by atoms with van der Waals surface area (Å²) in [4.78, 5) is 3.07. The standard InChI is InChI=1S/C11H13BrN4S2/c1-16(2)10-14-15-11(18-10)17-9-4-3-7(6-13)5-8(9)12/h3-5H,6,13H2,1-2H3. The van der Waals surface area contributed by atoms with Crippen LogP contribution in [0.25, 0.3) is 0 Å². The third-order valence-corrected chi connectivity index (χ3v) is 5.34. The molecule has 0 atom stereocenters. The number of hydrogen-bond donors (Lipinski definition) is 1. The Balaban J connectivity index is 2.17. The molecule has 7 heteroatoms. The molecule has 0 saturated heterocycles. The predicted octanol–water partition coefficient (Wildman–Crippen LogP) is 2.98. The van der Waals surface area contributed by atoms with Gasteiger partial charge < -0.3 is 10.6 Å². The Labute approximate surface area is 123 Å². The van der Waals surface area contributed by atoms with Crippen molar-refractivity contribution in [3.8, 4) is 0 Å². The lowest BCUT2D eigenvalue weighted by Crippen LogP contribution is -2.07.